The van der Waals surface area contributed by atoms with Gasteiger partial charge in [0.1, 0.15) is 23.5 Å². The van der Waals surface area contributed by atoms with Crippen molar-refractivity contribution in [1.82, 2.24) is 15.3 Å². The number of nitrogens with two attached hydrogens (primary N) is 1. The molecule has 0 aliphatic rings. The minimum absolute atomic E-state index is 0.0670. The zero-order chi connectivity index (χ0) is 15.4. The second-order valence-electron chi connectivity index (χ2n) is 5.62. The fraction of sp³-hybridized carbons (Fsp3) is 0.643. The number of nitrogens with one attached hydrogen (secondary N) is 2. The maximum Gasteiger partial charge on any atom is 0.242 e. The number of amides is 1. The van der Waals surface area contributed by atoms with Crippen LogP contribution in [0.1, 0.15) is 51.9 Å². The number of rotatable bonds is 5. The molecule has 1 heterocycles. The van der Waals surface area contributed by atoms with Crippen LogP contribution in [0.4, 0.5) is 11.6 Å². The van der Waals surface area contributed by atoms with Crippen molar-refractivity contribution in [2.75, 3.05) is 11.1 Å². The monoisotopic (exact) mass is 279 g/mol. The Balaban J connectivity index is 2.94. The molecule has 6 heteroatoms. The first-order valence-corrected chi connectivity index (χ1v) is 6.93. The van der Waals surface area contributed by atoms with Gasteiger partial charge in [0.2, 0.25) is 5.91 Å². The third kappa shape index (κ3) is 4.08. The molecule has 0 radical (unpaired) electrons. The predicted octanol–water partition coefficient (Wildman–Crippen LogP) is 1.82. The SMILES string of the molecule is Cc1c(N)nc(C(C)C)nc1NC(C)C(=O)NC(C)C. The molecule has 4 N–H and O–H groups in total. The van der Waals surface area contributed by atoms with Crippen molar-refractivity contribution in [1.29, 1.82) is 0 Å². The van der Waals surface area contributed by atoms with Crippen molar-refractivity contribution in [3.05, 3.63) is 11.4 Å². The van der Waals surface area contributed by atoms with Crippen LogP contribution in [-0.4, -0.2) is 28.0 Å². The molecule has 1 amide bonds. The van der Waals surface area contributed by atoms with Gasteiger partial charge in [0.05, 0.1) is 0 Å². The molecule has 0 bridgehead atoms. The average molecular weight is 279 g/mol. The van der Waals surface area contributed by atoms with Crippen molar-refractivity contribution in [2.24, 2.45) is 0 Å². The molecular weight excluding hydrogens is 254 g/mol. The lowest BCUT2D eigenvalue weighted by molar-refractivity contribution is -0.122. The van der Waals surface area contributed by atoms with Gasteiger partial charge in [-0.15, -0.1) is 0 Å². The fourth-order valence-corrected chi connectivity index (χ4v) is 1.63. The zero-order valence-corrected chi connectivity index (χ0v) is 13.1. The van der Waals surface area contributed by atoms with E-state index in [1.165, 1.54) is 0 Å². The smallest absolute Gasteiger partial charge is 0.242 e. The van der Waals surface area contributed by atoms with Gasteiger partial charge in [-0.3, -0.25) is 4.79 Å². The Bertz CT molecular complexity index is 485. The first-order chi connectivity index (χ1) is 9.22. The van der Waals surface area contributed by atoms with Crippen molar-refractivity contribution in [3.8, 4) is 0 Å². The average Bonchev–Trinajstić information content (AvgIpc) is 2.33. The number of hydrogen-bond acceptors (Lipinski definition) is 5. The van der Waals surface area contributed by atoms with Crippen LogP contribution in [0.5, 0.6) is 0 Å². The van der Waals surface area contributed by atoms with E-state index < -0.39 is 0 Å². The quantitative estimate of drug-likeness (QED) is 0.764. The van der Waals surface area contributed by atoms with E-state index in [0.717, 1.165) is 5.56 Å². The molecule has 1 atom stereocenters. The molecule has 0 saturated carbocycles. The molecule has 112 valence electrons. The van der Waals surface area contributed by atoms with E-state index in [0.29, 0.717) is 17.5 Å². The maximum atomic E-state index is 11.9. The molecule has 1 aromatic rings. The number of hydrogen-bond donors (Lipinski definition) is 3. The predicted molar refractivity (Wildman–Crippen MR) is 81.6 cm³/mol. The summed E-state index contributed by atoms with van der Waals surface area (Å²) in [6.07, 6.45) is 0. The molecule has 1 unspecified atom stereocenters. The van der Waals surface area contributed by atoms with Gasteiger partial charge in [-0.1, -0.05) is 13.8 Å². The summed E-state index contributed by atoms with van der Waals surface area (Å²) in [6.45, 7) is 11.5. The summed E-state index contributed by atoms with van der Waals surface area (Å²) in [5, 5.41) is 5.97. The lowest BCUT2D eigenvalue weighted by atomic mass is 10.2. The maximum absolute atomic E-state index is 11.9. The van der Waals surface area contributed by atoms with E-state index in [1.807, 2.05) is 34.6 Å². The summed E-state index contributed by atoms with van der Waals surface area (Å²) in [5.41, 5.74) is 6.66. The molecule has 0 spiro atoms. The molecular formula is C14H25N5O. The van der Waals surface area contributed by atoms with Gasteiger partial charge < -0.3 is 16.4 Å². The second kappa shape index (κ2) is 6.54. The molecule has 1 rings (SSSR count). The van der Waals surface area contributed by atoms with Crippen molar-refractivity contribution in [3.63, 3.8) is 0 Å². The number of anilines is 2. The van der Waals surface area contributed by atoms with E-state index in [4.69, 9.17) is 5.73 Å². The van der Waals surface area contributed by atoms with Crippen LogP contribution in [0.3, 0.4) is 0 Å². The van der Waals surface area contributed by atoms with Crippen LogP contribution in [-0.2, 0) is 4.79 Å². The second-order valence-corrected chi connectivity index (χ2v) is 5.62. The number of nitrogens with zero attached hydrogens (tertiary/aromatic N) is 2. The molecule has 1 aromatic heterocycles. The standard InChI is InChI=1S/C14H25N5O/c1-7(2)12-18-11(15)9(5)13(19-12)17-10(6)14(20)16-8(3)4/h7-8,10H,1-6H3,(H,16,20)(H3,15,17,18,19). The fourth-order valence-electron chi connectivity index (χ4n) is 1.63. The number of carbonyl (C=O) groups is 1. The molecule has 0 saturated heterocycles. The highest BCUT2D eigenvalue weighted by Gasteiger charge is 2.17. The lowest BCUT2D eigenvalue weighted by Gasteiger charge is -2.19. The van der Waals surface area contributed by atoms with Gasteiger partial charge in [0.15, 0.2) is 0 Å². The highest BCUT2D eigenvalue weighted by molar-refractivity contribution is 5.84. The van der Waals surface area contributed by atoms with Crippen LogP contribution in [0.2, 0.25) is 0 Å². The third-order valence-corrected chi connectivity index (χ3v) is 2.89. The van der Waals surface area contributed by atoms with Crippen LogP contribution < -0.4 is 16.4 Å². The Hall–Kier alpha value is -1.85. The number of nitrogen functional groups attached to an aromatic ring is 1. The topological polar surface area (TPSA) is 92.9 Å². The van der Waals surface area contributed by atoms with Gasteiger partial charge in [0, 0.05) is 17.5 Å². The van der Waals surface area contributed by atoms with E-state index in [-0.39, 0.29) is 23.9 Å². The van der Waals surface area contributed by atoms with E-state index >= 15 is 0 Å². The Morgan fingerprint density at radius 3 is 2.25 bits per heavy atom. The number of carbonyl (C=O) groups excluding carboxylic acids is 1. The molecule has 20 heavy (non-hydrogen) atoms. The summed E-state index contributed by atoms with van der Waals surface area (Å²) in [4.78, 5) is 20.6. The summed E-state index contributed by atoms with van der Waals surface area (Å²) in [7, 11) is 0. The van der Waals surface area contributed by atoms with E-state index in [2.05, 4.69) is 20.6 Å². The van der Waals surface area contributed by atoms with Crippen LogP contribution in [0, 0.1) is 6.92 Å². The van der Waals surface area contributed by atoms with Crippen molar-refractivity contribution < 1.29 is 4.79 Å². The Morgan fingerprint density at radius 2 is 1.75 bits per heavy atom. The van der Waals surface area contributed by atoms with Gasteiger partial charge >= 0.3 is 0 Å². The first-order valence-electron chi connectivity index (χ1n) is 6.93. The Labute approximate surface area is 120 Å². The summed E-state index contributed by atoms with van der Waals surface area (Å²) < 4.78 is 0. The van der Waals surface area contributed by atoms with Gasteiger partial charge in [0.25, 0.3) is 0 Å². The van der Waals surface area contributed by atoms with E-state index in [9.17, 15) is 4.79 Å². The lowest BCUT2D eigenvalue weighted by Crippen LogP contribution is -2.41. The minimum atomic E-state index is -0.384. The Morgan fingerprint density at radius 1 is 1.15 bits per heavy atom. The highest BCUT2D eigenvalue weighted by Crippen LogP contribution is 2.21. The van der Waals surface area contributed by atoms with Crippen molar-refractivity contribution >= 4 is 17.5 Å². The molecule has 0 aromatic carbocycles. The number of aromatic nitrogens is 2. The molecule has 0 aliphatic heterocycles. The molecule has 6 nitrogen and oxygen atoms in total. The first kappa shape index (κ1) is 16.2. The summed E-state index contributed by atoms with van der Waals surface area (Å²) in [6, 6.07) is -0.278. The molecule has 0 aliphatic carbocycles. The largest absolute Gasteiger partial charge is 0.383 e. The van der Waals surface area contributed by atoms with Gasteiger partial charge in [-0.05, 0) is 27.7 Å². The summed E-state index contributed by atoms with van der Waals surface area (Å²) >= 11 is 0. The Kier molecular flexibility index (Phi) is 5.30. The summed E-state index contributed by atoms with van der Waals surface area (Å²) in [5.74, 6) is 1.85. The zero-order valence-electron chi connectivity index (χ0n) is 13.1. The van der Waals surface area contributed by atoms with Crippen LogP contribution in [0.25, 0.3) is 0 Å². The van der Waals surface area contributed by atoms with Gasteiger partial charge in [-0.25, -0.2) is 9.97 Å². The van der Waals surface area contributed by atoms with E-state index in [1.54, 1.807) is 6.92 Å². The van der Waals surface area contributed by atoms with Crippen LogP contribution in [0.15, 0.2) is 0 Å². The highest BCUT2D eigenvalue weighted by atomic mass is 16.2. The van der Waals surface area contributed by atoms with Crippen LogP contribution >= 0.6 is 0 Å². The van der Waals surface area contributed by atoms with Crippen molar-refractivity contribution in [2.45, 2.75) is 59.5 Å². The normalized spacial score (nSPS) is 12.6. The third-order valence-electron chi connectivity index (χ3n) is 2.89. The molecule has 0 fully saturated rings. The van der Waals surface area contributed by atoms with Gasteiger partial charge in [-0.2, -0.15) is 0 Å². The minimum Gasteiger partial charge on any atom is -0.383 e.